The first-order valence-electron chi connectivity index (χ1n) is 10.8. The molecule has 0 unspecified atom stereocenters. The number of hydrogen-bond acceptors (Lipinski definition) is 6. The Kier molecular flexibility index (Phi) is 7.41. The van der Waals surface area contributed by atoms with Gasteiger partial charge in [0.15, 0.2) is 18.1 Å². The minimum Gasteiger partial charge on any atom is -0.467 e. The summed E-state index contributed by atoms with van der Waals surface area (Å²) in [7, 11) is 0. The minimum absolute atomic E-state index is 0.0154. The van der Waals surface area contributed by atoms with Gasteiger partial charge in [-0.15, -0.1) is 5.10 Å². The van der Waals surface area contributed by atoms with Gasteiger partial charge in [0.2, 0.25) is 5.88 Å². The lowest BCUT2D eigenvalue weighted by Gasteiger charge is -2.16. The summed E-state index contributed by atoms with van der Waals surface area (Å²) in [6.07, 6.45) is -6.83. The van der Waals surface area contributed by atoms with Gasteiger partial charge in [-0.25, -0.2) is 14.2 Å². The topological polar surface area (TPSA) is 115 Å². The lowest BCUT2D eigenvalue weighted by atomic mass is 10.1. The first kappa shape index (κ1) is 27.7. The van der Waals surface area contributed by atoms with Crippen molar-refractivity contribution < 1.29 is 40.7 Å². The molecule has 0 spiro atoms. The van der Waals surface area contributed by atoms with Gasteiger partial charge in [-0.2, -0.15) is 31.4 Å². The molecule has 0 aliphatic rings. The van der Waals surface area contributed by atoms with Crippen LogP contribution in [0.3, 0.4) is 0 Å². The highest BCUT2D eigenvalue weighted by Gasteiger charge is 2.32. The number of ether oxygens (including phenoxy) is 1. The van der Waals surface area contributed by atoms with Crippen molar-refractivity contribution in [2.45, 2.75) is 19.3 Å². The van der Waals surface area contributed by atoms with Crippen LogP contribution in [0, 0.1) is 6.92 Å². The summed E-state index contributed by atoms with van der Waals surface area (Å²) >= 11 is 6.14. The lowest BCUT2D eigenvalue weighted by molar-refractivity contribution is -0.154. The van der Waals surface area contributed by atoms with E-state index in [2.05, 4.69) is 25.2 Å². The van der Waals surface area contributed by atoms with Gasteiger partial charge in [0, 0.05) is 12.3 Å². The van der Waals surface area contributed by atoms with Crippen LogP contribution in [-0.2, 0) is 0 Å². The van der Waals surface area contributed by atoms with Gasteiger partial charge in [0.05, 0.1) is 22.4 Å². The van der Waals surface area contributed by atoms with Crippen LogP contribution in [0.15, 0.2) is 42.7 Å². The van der Waals surface area contributed by atoms with Crippen LogP contribution in [-0.4, -0.2) is 61.7 Å². The average Bonchev–Trinajstić information content (AvgIpc) is 3.48. The molecule has 4 aromatic rings. The molecule has 0 fully saturated rings. The van der Waals surface area contributed by atoms with E-state index < -0.39 is 54.6 Å². The molecular weight excluding hydrogens is 560 g/mol. The van der Waals surface area contributed by atoms with E-state index in [0.29, 0.717) is 5.52 Å². The van der Waals surface area contributed by atoms with E-state index in [4.69, 9.17) is 11.6 Å². The number of pyridine rings is 2. The summed E-state index contributed by atoms with van der Waals surface area (Å²) < 4.78 is 82.9. The summed E-state index contributed by atoms with van der Waals surface area (Å²) in [5.74, 6) is -2.95. The summed E-state index contributed by atoms with van der Waals surface area (Å²) in [5.41, 5.74) is -0.439. The number of carbonyl (C=O) groups is 2. The predicted octanol–water partition coefficient (Wildman–Crippen LogP) is 4.36. The lowest BCUT2D eigenvalue weighted by Crippen LogP contribution is -2.35. The molecule has 10 nitrogen and oxygen atoms in total. The normalized spacial score (nSPS) is 12.0. The predicted molar refractivity (Wildman–Crippen MR) is 124 cm³/mol. The van der Waals surface area contributed by atoms with Crippen molar-refractivity contribution in [2.75, 3.05) is 18.5 Å². The van der Waals surface area contributed by atoms with Crippen LogP contribution in [0.1, 0.15) is 26.5 Å². The molecule has 4 heterocycles. The molecule has 4 rings (SSSR count). The van der Waals surface area contributed by atoms with E-state index in [1.807, 2.05) is 0 Å². The number of anilines is 1. The molecule has 206 valence electrons. The summed E-state index contributed by atoms with van der Waals surface area (Å²) in [4.78, 5) is 30.2. The number of halogens is 7. The van der Waals surface area contributed by atoms with Gasteiger partial charge in [0.1, 0.15) is 12.2 Å². The Morgan fingerprint density at radius 1 is 1.05 bits per heavy atom. The van der Waals surface area contributed by atoms with Crippen LogP contribution in [0.25, 0.3) is 11.3 Å². The molecule has 2 N–H and O–H groups in total. The summed E-state index contributed by atoms with van der Waals surface area (Å²) in [5, 5.41) is 11.9. The van der Waals surface area contributed by atoms with E-state index in [9.17, 15) is 35.9 Å². The third-order valence-corrected chi connectivity index (χ3v) is 5.32. The van der Waals surface area contributed by atoms with Gasteiger partial charge < -0.3 is 15.4 Å². The number of rotatable bonds is 7. The Hall–Kier alpha value is -4.34. The maximum Gasteiger partial charge on any atom is 0.422 e. The van der Waals surface area contributed by atoms with Crippen molar-refractivity contribution >= 4 is 34.6 Å². The zero-order valence-corrected chi connectivity index (χ0v) is 20.3. The zero-order chi connectivity index (χ0) is 28.5. The van der Waals surface area contributed by atoms with Crippen LogP contribution in [0.4, 0.5) is 32.0 Å². The Morgan fingerprint density at radius 2 is 1.79 bits per heavy atom. The highest BCUT2D eigenvalue weighted by Crippen LogP contribution is 2.27. The van der Waals surface area contributed by atoms with E-state index in [0.717, 1.165) is 15.3 Å². The number of nitrogens with zero attached hydrogens (tertiary/aromatic N) is 5. The van der Waals surface area contributed by atoms with Gasteiger partial charge >= 0.3 is 12.4 Å². The van der Waals surface area contributed by atoms with Gasteiger partial charge in [-0.05, 0) is 36.8 Å². The SMILES string of the molecule is Cc1cc2ccnn2c(C(=O)NCC(F)(F)F)c1NC(=O)c1cc(OCC(F)(F)F)nn1-c1ncccc1Cl. The fourth-order valence-corrected chi connectivity index (χ4v) is 3.65. The van der Waals surface area contributed by atoms with Crippen LogP contribution >= 0.6 is 11.6 Å². The second-order valence-electron chi connectivity index (χ2n) is 7.96. The molecule has 0 aliphatic carbocycles. The molecule has 39 heavy (non-hydrogen) atoms. The van der Waals surface area contributed by atoms with Crippen molar-refractivity contribution in [3.8, 4) is 11.7 Å². The highest BCUT2D eigenvalue weighted by molar-refractivity contribution is 6.32. The number of hydrogen-bond donors (Lipinski definition) is 2. The molecule has 4 aromatic heterocycles. The first-order chi connectivity index (χ1) is 18.2. The molecule has 0 radical (unpaired) electrons. The van der Waals surface area contributed by atoms with Crippen molar-refractivity contribution in [1.82, 2.24) is 29.7 Å². The Bertz CT molecular complexity index is 1550. The van der Waals surface area contributed by atoms with Crippen LogP contribution in [0.2, 0.25) is 5.02 Å². The van der Waals surface area contributed by atoms with Crippen molar-refractivity contribution in [3.05, 3.63) is 64.7 Å². The Balaban J connectivity index is 1.76. The number of aromatic nitrogens is 5. The largest absolute Gasteiger partial charge is 0.467 e. The van der Waals surface area contributed by atoms with Crippen LogP contribution in [0.5, 0.6) is 5.88 Å². The molecule has 2 amide bonds. The first-order valence-corrected chi connectivity index (χ1v) is 11.2. The molecule has 17 heteroatoms. The van der Waals surface area contributed by atoms with E-state index in [1.165, 1.54) is 43.6 Å². The summed E-state index contributed by atoms with van der Waals surface area (Å²) in [6.45, 7) is -1.88. The summed E-state index contributed by atoms with van der Waals surface area (Å²) in [6, 6.07) is 6.74. The van der Waals surface area contributed by atoms with Gasteiger partial charge in [-0.1, -0.05) is 11.6 Å². The van der Waals surface area contributed by atoms with Crippen LogP contribution < -0.4 is 15.4 Å². The standard InChI is InChI=1S/C22H16ClF6N7O3/c1-11-7-12-4-6-32-35(12)17(20(38)31-9-21(24,25)26)16(11)33-19(37)14-8-15(39-10-22(27,28)29)34-36(14)18-13(23)3-2-5-30-18/h2-8H,9-10H2,1H3,(H,31,38)(H,33,37). The number of carbonyl (C=O) groups excluding carboxylic acids is 2. The van der Waals surface area contributed by atoms with Crippen molar-refractivity contribution in [3.63, 3.8) is 0 Å². The van der Waals surface area contributed by atoms with Gasteiger partial charge in [-0.3, -0.25) is 9.59 Å². The number of alkyl halides is 6. The Morgan fingerprint density at radius 3 is 2.46 bits per heavy atom. The third kappa shape index (κ3) is 6.39. The van der Waals surface area contributed by atoms with E-state index >= 15 is 0 Å². The van der Waals surface area contributed by atoms with E-state index in [-0.39, 0.29) is 22.1 Å². The van der Waals surface area contributed by atoms with Crippen molar-refractivity contribution in [1.29, 1.82) is 0 Å². The smallest absolute Gasteiger partial charge is 0.422 e. The minimum atomic E-state index is -4.71. The second-order valence-corrected chi connectivity index (χ2v) is 8.37. The second kappa shape index (κ2) is 10.4. The molecule has 0 atom stereocenters. The van der Waals surface area contributed by atoms with Crippen molar-refractivity contribution in [2.24, 2.45) is 0 Å². The number of nitrogens with one attached hydrogen (secondary N) is 2. The zero-order valence-electron chi connectivity index (χ0n) is 19.6. The van der Waals surface area contributed by atoms with E-state index in [1.54, 1.807) is 5.32 Å². The maximum absolute atomic E-state index is 13.4. The Labute approximate surface area is 219 Å². The molecular formula is C22H16ClF6N7O3. The molecule has 0 saturated carbocycles. The average molecular weight is 576 g/mol. The third-order valence-electron chi connectivity index (χ3n) is 5.03. The fraction of sp³-hybridized carbons (Fsp3) is 0.227. The number of aryl methyl sites for hydroxylation is 1. The fourth-order valence-electron chi connectivity index (χ4n) is 3.45. The number of fused-ring (bicyclic) bond motifs is 1. The maximum atomic E-state index is 13.4. The highest BCUT2D eigenvalue weighted by atomic mass is 35.5. The molecule has 0 bridgehead atoms. The molecule has 0 aromatic carbocycles. The quantitative estimate of drug-likeness (QED) is 0.316. The molecule has 0 aliphatic heterocycles. The monoisotopic (exact) mass is 575 g/mol. The molecule has 0 saturated heterocycles. The number of amides is 2. The van der Waals surface area contributed by atoms with Gasteiger partial charge in [0.25, 0.3) is 11.8 Å².